The van der Waals surface area contributed by atoms with Crippen molar-refractivity contribution in [1.29, 1.82) is 0 Å². The van der Waals surface area contributed by atoms with E-state index in [4.69, 9.17) is 0 Å². The van der Waals surface area contributed by atoms with Crippen LogP contribution in [0, 0.1) is 6.92 Å². The minimum Gasteiger partial charge on any atom is -0.298 e. The van der Waals surface area contributed by atoms with Gasteiger partial charge in [-0.25, -0.2) is 9.97 Å². The minimum atomic E-state index is 0.949. The predicted molar refractivity (Wildman–Crippen MR) is 79.3 cm³/mol. The molecule has 0 radical (unpaired) electrons. The van der Waals surface area contributed by atoms with Crippen LogP contribution in [0.5, 0.6) is 0 Å². The van der Waals surface area contributed by atoms with Crippen molar-refractivity contribution in [1.82, 2.24) is 14.4 Å². The number of pyridine rings is 1. The fourth-order valence-electron chi connectivity index (χ4n) is 2.49. The van der Waals surface area contributed by atoms with Crippen LogP contribution in [-0.4, -0.2) is 14.4 Å². The second-order valence-electron chi connectivity index (χ2n) is 4.73. The molecular weight excluding hydrogens is 234 g/mol. The second kappa shape index (κ2) is 4.50. The van der Waals surface area contributed by atoms with Gasteiger partial charge in [-0.05, 0) is 50.1 Å². The molecule has 0 N–H and O–H groups in total. The number of hydrogen-bond acceptors (Lipinski definition) is 2. The lowest BCUT2D eigenvalue weighted by Gasteiger charge is -2.03. The fourth-order valence-corrected chi connectivity index (χ4v) is 2.49. The highest BCUT2D eigenvalue weighted by Gasteiger charge is 2.10. The molecule has 19 heavy (non-hydrogen) atoms. The van der Waals surface area contributed by atoms with E-state index in [1.807, 2.05) is 32.3 Å². The Morgan fingerprint density at radius 3 is 2.89 bits per heavy atom. The van der Waals surface area contributed by atoms with Crippen molar-refractivity contribution in [2.24, 2.45) is 0 Å². The van der Waals surface area contributed by atoms with Crippen LogP contribution in [0.1, 0.15) is 30.8 Å². The predicted octanol–water partition coefficient (Wildman–Crippen LogP) is 3.79. The SMILES string of the molecule is C/C=C\c1c(CC)cc2c3nc(C)ccc3ncn12. The molecule has 0 bridgehead atoms. The van der Waals surface area contributed by atoms with E-state index < -0.39 is 0 Å². The summed E-state index contributed by atoms with van der Waals surface area (Å²) < 4.78 is 2.13. The van der Waals surface area contributed by atoms with Crippen LogP contribution in [0.4, 0.5) is 0 Å². The van der Waals surface area contributed by atoms with Gasteiger partial charge in [-0.3, -0.25) is 4.40 Å². The van der Waals surface area contributed by atoms with Gasteiger partial charge in [0.2, 0.25) is 0 Å². The lowest BCUT2D eigenvalue weighted by Crippen LogP contribution is -1.94. The van der Waals surface area contributed by atoms with E-state index in [-0.39, 0.29) is 0 Å². The number of fused-ring (bicyclic) bond motifs is 3. The zero-order valence-corrected chi connectivity index (χ0v) is 11.5. The number of aromatic nitrogens is 3. The molecule has 0 saturated heterocycles. The van der Waals surface area contributed by atoms with Crippen LogP contribution in [0.3, 0.4) is 0 Å². The Hall–Kier alpha value is -2.16. The topological polar surface area (TPSA) is 30.2 Å². The van der Waals surface area contributed by atoms with E-state index in [9.17, 15) is 0 Å². The first-order chi connectivity index (χ1) is 9.24. The Kier molecular flexibility index (Phi) is 2.82. The summed E-state index contributed by atoms with van der Waals surface area (Å²) in [5.74, 6) is 0. The smallest absolute Gasteiger partial charge is 0.113 e. The maximum Gasteiger partial charge on any atom is 0.113 e. The molecular formula is C16H17N3. The fraction of sp³-hybridized carbons (Fsp3) is 0.250. The third-order valence-corrected chi connectivity index (χ3v) is 3.43. The zero-order valence-electron chi connectivity index (χ0n) is 11.5. The van der Waals surface area contributed by atoms with Crippen molar-refractivity contribution in [3.05, 3.63) is 47.6 Å². The second-order valence-corrected chi connectivity index (χ2v) is 4.73. The average Bonchev–Trinajstić information content (AvgIpc) is 2.78. The van der Waals surface area contributed by atoms with Gasteiger partial charge in [-0.2, -0.15) is 0 Å². The summed E-state index contributed by atoms with van der Waals surface area (Å²) in [6, 6.07) is 6.26. The van der Waals surface area contributed by atoms with Crippen LogP contribution in [0.15, 0.2) is 30.6 Å². The van der Waals surface area contributed by atoms with Gasteiger partial charge in [0, 0.05) is 5.69 Å². The van der Waals surface area contributed by atoms with Gasteiger partial charge in [-0.15, -0.1) is 0 Å². The first-order valence-corrected chi connectivity index (χ1v) is 6.63. The standard InChI is InChI=1S/C16H17N3/c1-4-6-14-12(5-2)9-15-16-13(17-10-19(14)15)8-7-11(3)18-16/h4,6-10H,5H2,1-3H3/b6-4-. The van der Waals surface area contributed by atoms with Gasteiger partial charge in [0.1, 0.15) is 11.8 Å². The van der Waals surface area contributed by atoms with E-state index in [0.29, 0.717) is 0 Å². The molecule has 0 aliphatic heterocycles. The molecule has 3 rings (SSSR count). The van der Waals surface area contributed by atoms with Crippen molar-refractivity contribution in [2.45, 2.75) is 27.2 Å². The number of hydrogen-bond donors (Lipinski definition) is 0. The first kappa shape index (κ1) is 11.9. The number of rotatable bonds is 2. The Morgan fingerprint density at radius 1 is 1.32 bits per heavy atom. The summed E-state index contributed by atoms with van der Waals surface area (Å²) in [6.07, 6.45) is 7.10. The Morgan fingerprint density at radius 2 is 2.16 bits per heavy atom. The summed E-state index contributed by atoms with van der Waals surface area (Å²) in [7, 11) is 0. The van der Waals surface area contributed by atoms with Crippen molar-refractivity contribution in [3.8, 4) is 0 Å². The van der Waals surface area contributed by atoms with E-state index in [0.717, 1.165) is 28.7 Å². The van der Waals surface area contributed by atoms with Crippen LogP contribution >= 0.6 is 0 Å². The van der Waals surface area contributed by atoms with Gasteiger partial charge in [-0.1, -0.05) is 13.0 Å². The highest BCUT2D eigenvalue weighted by Crippen LogP contribution is 2.24. The third kappa shape index (κ3) is 1.82. The Bertz CT molecular complexity index is 781. The molecule has 0 aromatic carbocycles. The highest BCUT2D eigenvalue weighted by atomic mass is 15.0. The zero-order chi connectivity index (χ0) is 13.4. The van der Waals surface area contributed by atoms with Gasteiger partial charge in [0.15, 0.2) is 0 Å². The molecule has 0 atom stereocenters. The molecule has 3 aromatic heterocycles. The third-order valence-electron chi connectivity index (χ3n) is 3.43. The van der Waals surface area contributed by atoms with Crippen molar-refractivity contribution in [3.63, 3.8) is 0 Å². The van der Waals surface area contributed by atoms with E-state index in [1.165, 1.54) is 11.3 Å². The average molecular weight is 251 g/mol. The summed E-state index contributed by atoms with van der Waals surface area (Å²) in [5, 5.41) is 0. The minimum absolute atomic E-state index is 0.949. The van der Waals surface area contributed by atoms with Crippen molar-refractivity contribution in [2.75, 3.05) is 0 Å². The van der Waals surface area contributed by atoms with Crippen LogP contribution in [-0.2, 0) is 6.42 Å². The molecule has 0 saturated carbocycles. The molecule has 0 spiro atoms. The molecule has 3 heteroatoms. The molecule has 3 nitrogen and oxygen atoms in total. The first-order valence-electron chi connectivity index (χ1n) is 6.63. The maximum absolute atomic E-state index is 4.65. The van der Waals surface area contributed by atoms with Crippen molar-refractivity contribution >= 4 is 22.6 Å². The molecule has 3 heterocycles. The largest absolute Gasteiger partial charge is 0.298 e. The van der Waals surface area contributed by atoms with Gasteiger partial charge in [0.05, 0.1) is 16.7 Å². The summed E-state index contributed by atoms with van der Waals surface area (Å²) in [6.45, 7) is 6.23. The Balaban J connectivity index is 2.46. The molecule has 0 fully saturated rings. The van der Waals surface area contributed by atoms with Crippen LogP contribution < -0.4 is 0 Å². The van der Waals surface area contributed by atoms with E-state index in [2.05, 4.69) is 39.5 Å². The summed E-state index contributed by atoms with van der Waals surface area (Å²) >= 11 is 0. The molecule has 96 valence electrons. The van der Waals surface area contributed by atoms with E-state index >= 15 is 0 Å². The quantitative estimate of drug-likeness (QED) is 0.693. The summed E-state index contributed by atoms with van der Waals surface area (Å²) in [5.41, 5.74) is 6.62. The Labute approximate surface area is 112 Å². The lowest BCUT2D eigenvalue weighted by molar-refractivity contribution is 1.06. The number of nitrogens with zero attached hydrogens (tertiary/aromatic N) is 3. The number of allylic oxidation sites excluding steroid dienone is 1. The van der Waals surface area contributed by atoms with Gasteiger partial charge >= 0.3 is 0 Å². The maximum atomic E-state index is 4.65. The van der Waals surface area contributed by atoms with Gasteiger partial charge < -0.3 is 0 Å². The molecule has 0 unspecified atom stereocenters. The number of aryl methyl sites for hydroxylation is 2. The normalized spacial score (nSPS) is 11.9. The highest BCUT2D eigenvalue weighted by molar-refractivity contribution is 5.91. The molecule has 3 aromatic rings. The summed E-state index contributed by atoms with van der Waals surface area (Å²) in [4.78, 5) is 9.15. The van der Waals surface area contributed by atoms with Gasteiger partial charge in [0.25, 0.3) is 0 Å². The lowest BCUT2D eigenvalue weighted by atomic mass is 10.2. The van der Waals surface area contributed by atoms with Crippen LogP contribution in [0.25, 0.3) is 22.6 Å². The molecule has 0 aliphatic carbocycles. The monoisotopic (exact) mass is 251 g/mol. The molecule has 0 aliphatic rings. The molecule has 0 amide bonds. The van der Waals surface area contributed by atoms with Crippen LogP contribution in [0.2, 0.25) is 0 Å². The van der Waals surface area contributed by atoms with E-state index in [1.54, 1.807) is 0 Å². The van der Waals surface area contributed by atoms with Crippen molar-refractivity contribution < 1.29 is 0 Å².